The van der Waals surface area contributed by atoms with Gasteiger partial charge < -0.3 is 10.2 Å². The average Bonchev–Trinajstić information content (AvgIpc) is 2.65. The molecule has 0 bridgehead atoms. The van der Waals surface area contributed by atoms with Crippen molar-refractivity contribution in [2.75, 3.05) is 29.0 Å². The quantitative estimate of drug-likeness (QED) is 0.589. The Labute approximate surface area is 173 Å². The smallest absolute Gasteiger partial charge is 0.237 e. The SMILES string of the molecule is Cc1nc(Nc2ccc(NS(=O)(=O)Cc3cc(F)ccc3F)cc2)cc(N(C)C)n1. The van der Waals surface area contributed by atoms with E-state index in [-0.39, 0.29) is 5.56 Å². The highest BCUT2D eigenvalue weighted by molar-refractivity contribution is 7.91. The first-order chi connectivity index (χ1) is 14.1. The molecule has 10 heteroatoms. The highest BCUT2D eigenvalue weighted by Gasteiger charge is 2.16. The lowest BCUT2D eigenvalue weighted by atomic mass is 10.2. The molecule has 30 heavy (non-hydrogen) atoms. The Hall–Kier alpha value is -3.27. The van der Waals surface area contributed by atoms with Gasteiger partial charge in [0.15, 0.2) is 0 Å². The predicted octanol–water partition coefficient (Wildman–Crippen LogP) is 3.81. The second-order valence-corrected chi connectivity index (χ2v) is 8.57. The molecule has 0 aliphatic rings. The Morgan fingerprint density at radius 1 is 0.967 bits per heavy atom. The molecule has 0 unspecified atom stereocenters. The third-order valence-electron chi connectivity index (χ3n) is 4.07. The van der Waals surface area contributed by atoms with Gasteiger partial charge in [0.2, 0.25) is 10.0 Å². The summed E-state index contributed by atoms with van der Waals surface area (Å²) >= 11 is 0. The Bertz CT molecular complexity index is 1150. The summed E-state index contributed by atoms with van der Waals surface area (Å²) in [5.41, 5.74) is 0.749. The molecular weight excluding hydrogens is 412 g/mol. The van der Waals surface area contributed by atoms with E-state index >= 15 is 0 Å². The number of aryl methyl sites for hydroxylation is 1. The first kappa shape index (κ1) is 21.4. The molecule has 3 aromatic rings. The van der Waals surface area contributed by atoms with E-state index in [0.717, 1.165) is 24.0 Å². The van der Waals surface area contributed by atoms with E-state index in [4.69, 9.17) is 0 Å². The van der Waals surface area contributed by atoms with E-state index in [1.165, 1.54) is 0 Å². The molecule has 7 nitrogen and oxygen atoms in total. The van der Waals surface area contributed by atoms with Crippen LogP contribution >= 0.6 is 0 Å². The molecule has 3 rings (SSSR count). The standard InChI is InChI=1S/C20H21F2N5O2S/c1-13-23-19(11-20(24-13)27(2)3)25-16-5-7-17(8-6-16)26-30(28,29)12-14-10-15(21)4-9-18(14)22/h4-11,26H,12H2,1-3H3,(H,23,24,25). The molecule has 0 saturated carbocycles. The fourth-order valence-corrected chi connectivity index (χ4v) is 3.89. The van der Waals surface area contributed by atoms with Crippen molar-refractivity contribution in [1.29, 1.82) is 0 Å². The number of aromatic nitrogens is 2. The minimum Gasteiger partial charge on any atom is -0.363 e. The zero-order valence-corrected chi connectivity index (χ0v) is 17.5. The number of nitrogens with one attached hydrogen (secondary N) is 2. The van der Waals surface area contributed by atoms with Crippen molar-refractivity contribution in [2.45, 2.75) is 12.7 Å². The second kappa shape index (κ2) is 8.62. The summed E-state index contributed by atoms with van der Waals surface area (Å²) in [6, 6.07) is 11.0. The molecule has 1 aromatic heterocycles. The number of benzene rings is 2. The zero-order valence-electron chi connectivity index (χ0n) is 16.6. The van der Waals surface area contributed by atoms with Crippen molar-refractivity contribution < 1.29 is 17.2 Å². The molecule has 0 aliphatic heterocycles. The summed E-state index contributed by atoms with van der Waals surface area (Å²) in [5.74, 6) is -0.199. The van der Waals surface area contributed by atoms with Crippen LogP contribution in [0.4, 0.5) is 31.8 Å². The second-order valence-electron chi connectivity index (χ2n) is 6.85. The lowest BCUT2D eigenvalue weighted by Crippen LogP contribution is -2.16. The lowest BCUT2D eigenvalue weighted by molar-refractivity contribution is 0.581. The number of anilines is 4. The van der Waals surface area contributed by atoms with Gasteiger partial charge in [-0.1, -0.05) is 0 Å². The molecule has 0 saturated heterocycles. The van der Waals surface area contributed by atoms with Crippen LogP contribution in [0.2, 0.25) is 0 Å². The maximum Gasteiger partial charge on any atom is 0.237 e. The molecule has 1 heterocycles. The molecule has 0 amide bonds. The van der Waals surface area contributed by atoms with Crippen LogP contribution < -0.4 is 14.9 Å². The normalized spacial score (nSPS) is 11.2. The molecule has 0 fully saturated rings. The van der Waals surface area contributed by atoms with Crippen LogP contribution in [0.15, 0.2) is 48.5 Å². The molecule has 0 aliphatic carbocycles. The van der Waals surface area contributed by atoms with Gasteiger partial charge in [0.1, 0.15) is 29.1 Å². The highest BCUT2D eigenvalue weighted by Crippen LogP contribution is 2.22. The summed E-state index contributed by atoms with van der Waals surface area (Å²) < 4.78 is 54.0. The van der Waals surface area contributed by atoms with Crippen LogP contribution in [0.1, 0.15) is 11.4 Å². The first-order valence-corrected chi connectivity index (χ1v) is 10.6. The maximum atomic E-state index is 13.7. The fourth-order valence-electron chi connectivity index (χ4n) is 2.69. The summed E-state index contributed by atoms with van der Waals surface area (Å²) in [6.07, 6.45) is 0. The van der Waals surface area contributed by atoms with Crippen LogP contribution in [0, 0.1) is 18.6 Å². The van der Waals surface area contributed by atoms with Crippen molar-refractivity contribution in [2.24, 2.45) is 0 Å². The lowest BCUT2D eigenvalue weighted by Gasteiger charge is -2.14. The Balaban J connectivity index is 1.70. The van der Waals surface area contributed by atoms with Gasteiger partial charge in [-0.2, -0.15) is 0 Å². The van der Waals surface area contributed by atoms with E-state index in [1.54, 1.807) is 37.3 Å². The van der Waals surface area contributed by atoms with Crippen molar-refractivity contribution in [1.82, 2.24) is 9.97 Å². The predicted molar refractivity (Wildman–Crippen MR) is 113 cm³/mol. The molecule has 158 valence electrons. The Morgan fingerprint density at radius 3 is 2.30 bits per heavy atom. The van der Waals surface area contributed by atoms with Crippen LogP contribution in [-0.4, -0.2) is 32.5 Å². The summed E-state index contributed by atoms with van der Waals surface area (Å²) in [7, 11) is -0.168. The van der Waals surface area contributed by atoms with Gasteiger partial charge in [-0.3, -0.25) is 4.72 Å². The van der Waals surface area contributed by atoms with Crippen molar-refractivity contribution >= 4 is 33.0 Å². The molecule has 0 atom stereocenters. The number of nitrogens with zero attached hydrogens (tertiary/aromatic N) is 3. The van der Waals surface area contributed by atoms with Gasteiger partial charge in [-0.05, 0) is 49.4 Å². The number of hydrogen-bond acceptors (Lipinski definition) is 6. The molecule has 2 aromatic carbocycles. The Morgan fingerprint density at radius 2 is 1.63 bits per heavy atom. The van der Waals surface area contributed by atoms with Crippen LogP contribution in [0.3, 0.4) is 0 Å². The number of sulfonamides is 1. The van der Waals surface area contributed by atoms with E-state index in [9.17, 15) is 17.2 Å². The van der Waals surface area contributed by atoms with E-state index in [1.807, 2.05) is 19.0 Å². The van der Waals surface area contributed by atoms with Crippen molar-refractivity contribution in [3.05, 3.63) is 71.6 Å². The summed E-state index contributed by atoms with van der Waals surface area (Å²) in [4.78, 5) is 10.5. The van der Waals surface area contributed by atoms with Crippen LogP contribution in [0.25, 0.3) is 0 Å². The fraction of sp³-hybridized carbons (Fsp3) is 0.200. The van der Waals surface area contributed by atoms with Gasteiger partial charge in [0.05, 0.1) is 5.75 Å². The molecule has 0 radical (unpaired) electrons. The zero-order chi connectivity index (χ0) is 21.9. The van der Waals surface area contributed by atoms with Gasteiger partial charge in [0, 0.05) is 37.1 Å². The van der Waals surface area contributed by atoms with E-state index in [2.05, 4.69) is 20.0 Å². The average molecular weight is 433 g/mol. The largest absolute Gasteiger partial charge is 0.363 e. The van der Waals surface area contributed by atoms with Crippen molar-refractivity contribution in [3.8, 4) is 0 Å². The van der Waals surface area contributed by atoms with Gasteiger partial charge in [-0.25, -0.2) is 27.2 Å². The molecule has 2 N–H and O–H groups in total. The van der Waals surface area contributed by atoms with Crippen molar-refractivity contribution in [3.63, 3.8) is 0 Å². The number of halogens is 2. The summed E-state index contributed by atoms with van der Waals surface area (Å²) in [5, 5.41) is 3.14. The third-order valence-corrected chi connectivity index (χ3v) is 5.30. The maximum absolute atomic E-state index is 13.7. The van der Waals surface area contributed by atoms with Crippen LogP contribution in [-0.2, 0) is 15.8 Å². The minimum absolute atomic E-state index is 0.239. The van der Waals surface area contributed by atoms with E-state index in [0.29, 0.717) is 23.0 Å². The third kappa shape index (κ3) is 5.63. The van der Waals surface area contributed by atoms with E-state index < -0.39 is 27.4 Å². The number of rotatable bonds is 7. The Kier molecular flexibility index (Phi) is 6.16. The first-order valence-electron chi connectivity index (χ1n) is 8.96. The molecule has 0 spiro atoms. The minimum atomic E-state index is -3.92. The highest BCUT2D eigenvalue weighted by atomic mass is 32.2. The summed E-state index contributed by atoms with van der Waals surface area (Å²) in [6.45, 7) is 1.79. The topological polar surface area (TPSA) is 87.2 Å². The van der Waals surface area contributed by atoms with Gasteiger partial charge in [0.25, 0.3) is 0 Å². The monoisotopic (exact) mass is 433 g/mol. The van der Waals surface area contributed by atoms with Gasteiger partial charge >= 0.3 is 0 Å². The number of hydrogen-bond donors (Lipinski definition) is 2. The molecular formula is C20H21F2N5O2S. The van der Waals surface area contributed by atoms with Gasteiger partial charge in [-0.15, -0.1) is 0 Å². The van der Waals surface area contributed by atoms with Crippen LogP contribution in [0.5, 0.6) is 0 Å².